The van der Waals surface area contributed by atoms with Crippen LogP contribution < -0.4 is 4.57 Å². The standard InChI is InChI=1S/C8H12N.NO3/c1-3-9-6-4-5-8(2)7-9;2-1(3)4/h4-7H,3H2,1-2H3;/q+1;-1. The number of nitrogens with zero attached hydrogens (tertiary/aromatic N) is 2. The molecule has 0 atom stereocenters. The predicted octanol–water partition coefficient (Wildman–Crippen LogP) is 1.06. The smallest absolute Gasteiger partial charge is 0.171 e. The molecule has 1 rings (SSSR count). The molecule has 0 unspecified atom stereocenters. The van der Waals surface area contributed by atoms with Gasteiger partial charge in [0.15, 0.2) is 12.4 Å². The van der Waals surface area contributed by atoms with E-state index in [-0.39, 0.29) is 0 Å². The Morgan fingerprint density at radius 3 is 2.38 bits per heavy atom. The molecule has 0 bridgehead atoms. The first-order valence-electron chi connectivity index (χ1n) is 3.83. The lowest BCUT2D eigenvalue weighted by Crippen LogP contribution is -2.30. The summed E-state index contributed by atoms with van der Waals surface area (Å²) in [4.78, 5) is 8.25. The van der Waals surface area contributed by atoms with Crippen molar-refractivity contribution in [3.05, 3.63) is 45.4 Å². The fourth-order valence-electron chi connectivity index (χ4n) is 0.850. The summed E-state index contributed by atoms with van der Waals surface area (Å²) in [5, 5.41) is 14.8. The third-order valence-corrected chi connectivity index (χ3v) is 1.37. The van der Waals surface area contributed by atoms with Crippen molar-refractivity contribution in [1.82, 2.24) is 0 Å². The van der Waals surface area contributed by atoms with Crippen LogP contribution in [-0.2, 0) is 6.54 Å². The van der Waals surface area contributed by atoms with Gasteiger partial charge in [0.1, 0.15) is 6.54 Å². The molecule has 0 aliphatic heterocycles. The quantitative estimate of drug-likeness (QED) is 0.372. The molecule has 0 N–H and O–H groups in total. The fraction of sp³-hybridized carbons (Fsp3) is 0.375. The molecule has 5 heteroatoms. The number of hydrogen-bond acceptors (Lipinski definition) is 3. The van der Waals surface area contributed by atoms with E-state index in [4.69, 9.17) is 15.3 Å². The number of hydrogen-bond donors (Lipinski definition) is 0. The van der Waals surface area contributed by atoms with Crippen molar-refractivity contribution in [2.24, 2.45) is 0 Å². The van der Waals surface area contributed by atoms with Crippen molar-refractivity contribution in [2.45, 2.75) is 20.4 Å². The molecule has 0 aliphatic carbocycles. The van der Waals surface area contributed by atoms with E-state index in [0.29, 0.717) is 0 Å². The molecule has 1 aromatic heterocycles. The second kappa shape index (κ2) is 5.93. The van der Waals surface area contributed by atoms with E-state index in [9.17, 15) is 0 Å². The topological polar surface area (TPSA) is 70.1 Å². The lowest BCUT2D eigenvalue weighted by molar-refractivity contribution is -0.693. The zero-order chi connectivity index (χ0) is 10.3. The Bertz CT molecular complexity index is 272. The highest BCUT2D eigenvalue weighted by molar-refractivity contribution is 5.01. The van der Waals surface area contributed by atoms with Crippen molar-refractivity contribution in [2.75, 3.05) is 0 Å². The Balaban J connectivity index is 0.000000310. The molecule has 0 aromatic carbocycles. The maximum Gasteiger partial charge on any atom is 0.171 e. The van der Waals surface area contributed by atoms with E-state index >= 15 is 0 Å². The van der Waals surface area contributed by atoms with E-state index in [0.717, 1.165) is 6.54 Å². The maximum absolute atomic E-state index is 8.25. The van der Waals surface area contributed by atoms with Gasteiger partial charge in [-0.15, -0.1) is 0 Å². The molecule has 0 spiro atoms. The predicted molar refractivity (Wildman–Crippen MR) is 47.4 cm³/mol. The average Bonchev–Trinajstić information content (AvgIpc) is 2.03. The van der Waals surface area contributed by atoms with Gasteiger partial charge < -0.3 is 15.3 Å². The minimum absolute atomic E-state index is 1.06. The van der Waals surface area contributed by atoms with Crippen molar-refractivity contribution in [1.29, 1.82) is 0 Å². The number of pyridine rings is 1. The highest BCUT2D eigenvalue weighted by Gasteiger charge is 1.92. The van der Waals surface area contributed by atoms with Gasteiger partial charge in [-0.2, -0.15) is 0 Å². The molecule has 0 fully saturated rings. The van der Waals surface area contributed by atoms with Gasteiger partial charge in [-0.05, 0) is 19.9 Å². The Labute approximate surface area is 76.4 Å². The third kappa shape index (κ3) is 6.74. The Kier molecular flexibility index (Phi) is 5.18. The molecule has 0 aliphatic rings. The molecule has 72 valence electrons. The molecule has 1 heterocycles. The van der Waals surface area contributed by atoms with Gasteiger partial charge >= 0.3 is 0 Å². The van der Waals surface area contributed by atoms with Gasteiger partial charge in [-0.1, -0.05) is 0 Å². The number of aromatic nitrogens is 1. The lowest BCUT2D eigenvalue weighted by atomic mass is 10.3. The molecule has 0 radical (unpaired) electrons. The van der Waals surface area contributed by atoms with Gasteiger partial charge in [0.05, 0.1) is 5.09 Å². The van der Waals surface area contributed by atoms with Crippen molar-refractivity contribution < 1.29 is 9.65 Å². The first kappa shape index (κ1) is 11.4. The molecule has 0 saturated carbocycles. The zero-order valence-corrected chi connectivity index (χ0v) is 7.64. The molecule has 0 amide bonds. The first-order chi connectivity index (χ1) is 6.06. The van der Waals surface area contributed by atoms with Gasteiger partial charge in [-0.3, -0.25) is 0 Å². The summed E-state index contributed by atoms with van der Waals surface area (Å²) in [6.45, 7) is 5.30. The first-order valence-corrected chi connectivity index (χ1v) is 3.83. The maximum atomic E-state index is 8.25. The van der Waals surface area contributed by atoms with E-state index in [1.165, 1.54) is 5.56 Å². The molecular formula is C8H12N2O3. The average molecular weight is 184 g/mol. The summed E-state index contributed by atoms with van der Waals surface area (Å²) < 4.78 is 2.16. The van der Waals surface area contributed by atoms with Gasteiger partial charge in [0.2, 0.25) is 0 Å². The second-order valence-corrected chi connectivity index (χ2v) is 2.44. The monoisotopic (exact) mass is 184 g/mol. The third-order valence-electron chi connectivity index (χ3n) is 1.37. The highest BCUT2D eigenvalue weighted by atomic mass is 16.9. The van der Waals surface area contributed by atoms with E-state index in [1.54, 1.807) is 0 Å². The molecule has 0 saturated heterocycles. The summed E-state index contributed by atoms with van der Waals surface area (Å²) in [6.07, 6.45) is 4.22. The normalized spacial score (nSPS) is 8.46. The number of aryl methyl sites for hydroxylation is 2. The fourth-order valence-corrected chi connectivity index (χ4v) is 0.850. The van der Waals surface area contributed by atoms with Crippen LogP contribution in [0.4, 0.5) is 0 Å². The lowest BCUT2D eigenvalue weighted by Gasteiger charge is -1.90. The zero-order valence-electron chi connectivity index (χ0n) is 7.64. The minimum atomic E-state index is -1.75. The van der Waals surface area contributed by atoms with E-state index in [1.807, 2.05) is 0 Å². The van der Waals surface area contributed by atoms with E-state index in [2.05, 4.69) is 42.9 Å². The van der Waals surface area contributed by atoms with Crippen molar-refractivity contribution in [3.8, 4) is 0 Å². The van der Waals surface area contributed by atoms with Crippen LogP contribution in [-0.4, -0.2) is 5.09 Å². The molecule has 1 aromatic rings. The van der Waals surface area contributed by atoms with Crippen LogP contribution in [0.25, 0.3) is 0 Å². The Morgan fingerprint density at radius 1 is 1.54 bits per heavy atom. The van der Waals surface area contributed by atoms with Crippen LogP contribution in [0.15, 0.2) is 24.5 Å². The minimum Gasteiger partial charge on any atom is -0.356 e. The van der Waals surface area contributed by atoms with Crippen molar-refractivity contribution >= 4 is 0 Å². The van der Waals surface area contributed by atoms with Crippen LogP contribution in [0.3, 0.4) is 0 Å². The van der Waals surface area contributed by atoms with Gasteiger partial charge in [0.25, 0.3) is 0 Å². The highest BCUT2D eigenvalue weighted by Crippen LogP contribution is 1.88. The van der Waals surface area contributed by atoms with E-state index < -0.39 is 5.09 Å². The number of rotatable bonds is 1. The summed E-state index contributed by atoms with van der Waals surface area (Å²) in [5.74, 6) is 0. The molecular weight excluding hydrogens is 172 g/mol. The van der Waals surface area contributed by atoms with Gasteiger partial charge in [0, 0.05) is 11.6 Å². The Morgan fingerprint density at radius 2 is 2.08 bits per heavy atom. The SMILES string of the molecule is CC[n+]1cccc(C)c1.O=[N+]([O-])[O-]. The summed E-state index contributed by atoms with van der Waals surface area (Å²) in [5.41, 5.74) is 1.32. The summed E-state index contributed by atoms with van der Waals surface area (Å²) in [6, 6.07) is 4.17. The largest absolute Gasteiger partial charge is 0.356 e. The summed E-state index contributed by atoms with van der Waals surface area (Å²) in [7, 11) is 0. The Hall–Kier alpha value is -1.65. The van der Waals surface area contributed by atoms with Crippen LogP contribution in [0.2, 0.25) is 0 Å². The van der Waals surface area contributed by atoms with Gasteiger partial charge in [-0.25, -0.2) is 4.57 Å². The van der Waals surface area contributed by atoms with Crippen molar-refractivity contribution in [3.63, 3.8) is 0 Å². The summed E-state index contributed by atoms with van der Waals surface area (Å²) >= 11 is 0. The van der Waals surface area contributed by atoms with Crippen LogP contribution in [0.5, 0.6) is 0 Å². The second-order valence-electron chi connectivity index (χ2n) is 2.44. The molecule has 5 nitrogen and oxygen atoms in total. The van der Waals surface area contributed by atoms with Crippen LogP contribution in [0.1, 0.15) is 12.5 Å². The molecule has 13 heavy (non-hydrogen) atoms. The van der Waals surface area contributed by atoms with Crippen LogP contribution >= 0.6 is 0 Å². The van der Waals surface area contributed by atoms with Crippen LogP contribution in [0, 0.1) is 22.2 Å².